The van der Waals surface area contributed by atoms with Crippen LogP contribution in [0.5, 0.6) is 0 Å². The van der Waals surface area contributed by atoms with Gasteiger partial charge in [0.15, 0.2) is 5.16 Å². The second-order valence-corrected chi connectivity index (χ2v) is 7.08. The van der Waals surface area contributed by atoms with Gasteiger partial charge in [0, 0.05) is 18.8 Å². The SMILES string of the molecule is CCCCCNC(=O)NCCCC/C=C/CCCCSc1ncn[nH]1. The molecule has 0 radical (unpaired) electrons. The monoisotopic (exact) mass is 367 g/mol. The van der Waals surface area contributed by atoms with E-state index in [9.17, 15) is 4.79 Å². The normalized spacial score (nSPS) is 11.1. The molecule has 0 aromatic carbocycles. The third-order valence-electron chi connectivity index (χ3n) is 3.71. The number of carbonyl (C=O) groups is 1. The molecule has 142 valence electrons. The van der Waals surface area contributed by atoms with Crippen LogP contribution in [0.2, 0.25) is 0 Å². The van der Waals surface area contributed by atoms with Crippen LogP contribution in [0.25, 0.3) is 0 Å². The van der Waals surface area contributed by atoms with Crippen molar-refractivity contribution in [3.63, 3.8) is 0 Å². The molecule has 1 heterocycles. The topological polar surface area (TPSA) is 82.7 Å². The Morgan fingerprint density at radius 1 is 1.08 bits per heavy atom. The minimum Gasteiger partial charge on any atom is -0.338 e. The Kier molecular flexibility index (Phi) is 13.8. The lowest BCUT2D eigenvalue weighted by molar-refractivity contribution is 0.240. The first-order valence-corrected chi connectivity index (χ1v) is 10.5. The Morgan fingerprint density at radius 2 is 1.76 bits per heavy atom. The number of aromatic amines is 1. The molecule has 6 nitrogen and oxygen atoms in total. The van der Waals surface area contributed by atoms with Gasteiger partial charge in [-0.1, -0.05) is 43.7 Å². The maximum atomic E-state index is 11.5. The molecule has 0 spiro atoms. The van der Waals surface area contributed by atoms with E-state index in [2.05, 4.69) is 44.9 Å². The van der Waals surface area contributed by atoms with Crippen LogP contribution in [0.4, 0.5) is 4.79 Å². The van der Waals surface area contributed by atoms with Gasteiger partial charge in [-0.3, -0.25) is 5.10 Å². The molecular weight excluding hydrogens is 334 g/mol. The third kappa shape index (κ3) is 13.5. The fourth-order valence-corrected chi connectivity index (χ4v) is 3.04. The molecule has 3 N–H and O–H groups in total. The third-order valence-corrected chi connectivity index (χ3v) is 4.68. The molecule has 0 unspecified atom stereocenters. The van der Waals surface area contributed by atoms with Crippen molar-refractivity contribution in [2.75, 3.05) is 18.8 Å². The number of aromatic nitrogens is 3. The second-order valence-electron chi connectivity index (χ2n) is 5.99. The minimum absolute atomic E-state index is 0.0326. The van der Waals surface area contributed by atoms with Gasteiger partial charge >= 0.3 is 6.03 Å². The smallest absolute Gasteiger partial charge is 0.314 e. The van der Waals surface area contributed by atoms with E-state index in [1.165, 1.54) is 25.7 Å². The summed E-state index contributed by atoms with van der Waals surface area (Å²) in [5.74, 6) is 1.08. The summed E-state index contributed by atoms with van der Waals surface area (Å²) in [5, 5.41) is 13.4. The number of nitrogens with zero attached hydrogens (tertiary/aromatic N) is 2. The summed E-state index contributed by atoms with van der Waals surface area (Å²) >= 11 is 1.72. The van der Waals surface area contributed by atoms with E-state index in [1.54, 1.807) is 18.1 Å². The standard InChI is InChI=1S/C18H33N5OS/c1-2-3-10-13-19-17(24)20-14-11-8-6-4-5-7-9-12-15-25-18-21-16-22-23-18/h4-5,16H,2-3,6-15H2,1H3,(H2,19,20,24)(H,21,22,23)/b5-4+. The highest BCUT2D eigenvalue weighted by Gasteiger charge is 1.97. The summed E-state index contributed by atoms with van der Waals surface area (Å²) < 4.78 is 0. The van der Waals surface area contributed by atoms with Gasteiger partial charge in [-0.25, -0.2) is 9.78 Å². The highest BCUT2D eigenvalue weighted by molar-refractivity contribution is 7.99. The summed E-state index contributed by atoms with van der Waals surface area (Å²) in [6, 6.07) is -0.0326. The van der Waals surface area contributed by atoms with Crippen molar-refractivity contribution >= 4 is 17.8 Å². The van der Waals surface area contributed by atoms with Crippen molar-refractivity contribution in [1.82, 2.24) is 25.8 Å². The largest absolute Gasteiger partial charge is 0.338 e. The number of allylic oxidation sites excluding steroid dienone is 2. The first-order chi connectivity index (χ1) is 12.3. The van der Waals surface area contributed by atoms with E-state index >= 15 is 0 Å². The summed E-state index contributed by atoms with van der Waals surface area (Å²) in [7, 11) is 0. The Morgan fingerprint density at radius 3 is 2.40 bits per heavy atom. The van der Waals surface area contributed by atoms with Crippen LogP contribution in [0.15, 0.2) is 23.6 Å². The van der Waals surface area contributed by atoms with Crippen LogP contribution in [0.1, 0.15) is 64.7 Å². The lowest BCUT2D eigenvalue weighted by Crippen LogP contribution is -2.36. The maximum Gasteiger partial charge on any atom is 0.314 e. The molecule has 2 amide bonds. The van der Waals surface area contributed by atoms with E-state index in [4.69, 9.17) is 0 Å². The molecular formula is C18H33N5OS. The number of unbranched alkanes of at least 4 members (excludes halogenated alkanes) is 6. The average Bonchev–Trinajstić information content (AvgIpc) is 3.13. The summed E-state index contributed by atoms with van der Waals surface area (Å²) in [6.45, 7) is 3.69. The first kappa shape index (κ1) is 21.5. The number of H-pyrrole nitrogens is 1. The zero-order valence-electron chi connectivity index (χ0n) is 15.4. The average molecular weight is 368 g/mol. The molecule has 0 saturated carbocycles. The van der Waals surface area contributed by atoms with Crippen molar-refractivity contribution in [1.29, 1.82) is 0 Å². The molecule has 1 aromatic rings. The zero-order chi connectivity index (χ0) is 18.0. The molecule has 7 heteroatoms. The number of urea groups is 1. The highest BCUT2D eigenvalue weighted by atomic mass is 32.2. The van der Waals surface area contributed by atoms with E-state index in [0.717, 1.165) is 56.1 Å². The van der Waals surface area contributed by atoms with Crippen LogP contribution >= 0.6 is 11.8 Å². The van der Waals surface area contributed by atoms with E-state index < -0.39 is 0 Å². The molecule has 25 heavy (non-hydrogen) atoms. The molecule has 1 aromatic heterocycles. The van der Waals surface area contributed by atoms with Crippen molar-refractivity contribution in [3.8, 4) is 0 Å². The van der Waals surface area contributed by atoms with Gasteiger partial charge in [0.25, 0.3) is 0 Å². The molecule has 0 aliphatic rings. The number of rotatable bonds is 15. The number of amides is 2. The van der Waals surface area contributed by atoms with Crippen molar-refractivity contribution < 1.29 is 4.79 Å². The Hall–Kier alpha value is -1.50. The number of carbonyl (C=O) groups excluding carboxylic acids is 1. The van der Waals surface area contributed by atoms with Crippen LogP contribution in [-0.2, 0) is 0 Å². The molecule has 0 bridgehead atoms. The van der Waals surface area contributed by atoms with E-state index in [-0.39, 0.29) is 6.03 Å². The lowest BCUT2D eigenvalue weighted by Gasteiger charge is -2.06. The molecule has 0 aliphatic carbocycles. The van der Waals surface area contributed by atoms with Gasteiger partial charge < -0.3 is 10.6 Å². The van der Waals surface area contributed by atoms with Gasteiger partial charge in [0.1, 0.15) is 6.33 Å². The summed E-state index contributed by atoms with van der Waals surface area (Å²) in [5.41, 5.74) is 0. The molecule has 1 rings (SSSR count). The van der Waals surface area contributed by atoms with Crippen LogP contribution in [0.3, 0.4) is 0 Å². The van der Waals surface area contributed by atoms with Gasteiger partial charge in [0.2, 0.25) is 0 Å². The number of nitrogens with one attached hydrogen (secondary N) is 3. The number of thioether (sulfide) groups is 1. The molecule has 0 saturated heterocycles. The zero-order valence-corrected chi connectivity index (χ0v) is 16.2. The lowest BCUT2D eigenvalue weighted by atomic mass is 10.2. The van der Waals surface area contributed by atoms with Crippen molar-refractivity contribution in [2.45, 2.75) is 69.9 Å². The Bertz CT molecular complexity index is 450. The fraction of sp³-hybridized carbons (Fsp3) is 0.722. The van der Waals surface area contributed by atoms with Crippen LogP contribution < -0.4 is 10.6 Å². The van der Waals surface area contributed by atoms with E-state index in [0.29, 0.717) is 0 Å². The molecule has 0 aliphatic heterocycles. The van der Waals surface area contributed by atoms with Gasteiger partial charge in [-0.05, 0) is 44.9 Å². The quantitative estimate of drug-likeness (QED) is 0.245. The second kappa shape index (κ2) is 16.0. The van der Waals surface area contributed by atoms with Gasteiger partial charge in [-0.2, -0.15) is 5.10 Å². The van der Waals surface area contributed by atoms with Crippen LogP contribution in [-0.4, -0.2) is 40.1 Å². The Balaban J connectivity index is 1.79. The summed E-state index contributed by atoms with van der Waals surface area (Å²) in [4.78, 5) is 15.6. The Labute approximate surface area is 156 Å². The van der Waals surface area contributed by atoms with Crippen LogP contribution in [0, 0.1) is 0 Å². The fourth-order valence-electron chi connectivity index (χ4n) is 2.26. The predicted octanol–water partition coefficient (Wildman–Crippen LogP) is 4.28. The predicted molar refractivity (Wildman–Crippen MR) is 105 cm³/mol. The van der Waals surface area contributed by atoms with Gasteiger partial charge in [0.05, 0.1) is 0 Å². The van der Waals surface area contributed by atoms with Crippen molar-refractivity contribution in [2.24, 2.45) is 0 Å². The van der Waals surface area contributed by atoms with E-state index in [1.807, 2.05) is 0 Å². The van der Waals surface area contributed by atoms with Gasteiger partial charge in [-0.15, -0.1) is 0 Å². The first-order valence-electron chi connectivity index (χ1n) is 9.47. The number of hydrogen-bond donors (Lipinski definition) is 3. The highest BCUT2D eigenvalue weighted by Crippen LogP contribution is 2.13. The maximum absolute atomic E-state index is 11.5. The molecule has 0 atom stereocenters. The summed E-state index contributed by atoms with van der Waals surface area (Å²) in [6.07, 6.45) is 16.3. The number of hydrogen-bond acceptors (Lipinski definition) is 4. The minimum atomic E-state index is -0.0326. The molecule has 0 fully saturated rings. The van der Waals surface area contributed by atoms with Crippen molar-refractivity contribution in [3.05, 3.63) is 18.5 Å².